The molecule has 2 aliphatic rings. The van der Waals surface area contributed by atoms with Crippen molar-refractivity contribution in [1.82, 2.24) is 0 Å². The van der Waals surface area contributed by atoms with Crippen LogP contribution in [0.15, 0.2) is 56.9 Å². The summed E-state index contributed by atoms with van der Waals surface area (Å²) in [5.74, 6) is 2.06. The molecule has 2 heterocycles. The van der Waals surface area contributed by atoms with Gasteiger partial charge in [-0.2, -0.15) is 4.99 Å². The molecule has 0 aliphatic carbocycles. The van der Waals surface area contributed by atoms with E-state index in [1.807, 2.05) is 36.4 Å². The smallest absolute Gasteiger partial charge is 0.207 e. The van der Waals surface area contributed by atoms with Gasteiger partial charge in [0.05, 0.1) is 5.92 Å². The zero-order valence-electron chi connectivity index (χ0n) is 12.4. The zero-order valence-corrected chi connectivity index (χ0v) is 14.8. The quantitative estimate of drug-likeness (QED) is 0.678. The molecule has 0 amide bonds. The molecule has 23 heavy (non-hydrogen) atoms. The van der Waals surface area contributed by atoms with Crippen molar-refractivity contribution in [1.29, 1.82) is 0 Å². The van der Waals surface area contributed by atoms with E-state index in [0.717, 1.165) is 27.8 Å². The van der Waals surface area contributed by atoms with Gasteiger partial charge in [0, 0.05) is 10.0 Å². The molecule has 4 rings (SSSR count). The molecule has 2 aromatic carbocycles. The average Bonchev–Trinajstić information content (AvgIpc) is 2.54. The molecular formula is C18H13BrN2OS. The lowest BCUT2D eigenvalue weighted by molar-refractivity contribution is 0.482. The molecule has 0 N–H and O–H groups in total. The normalized spacial score (nSPS) is 19.2. The highest BCUT2D eigenvalue weighted by molar-refractivity contribution is 9.10. The molecule has 0 fully saturated rings. The fourth-order valence-electron chi connectivity index (χ4n) is 2.74. The summed E-state index contributed by atoms with van der Waals surface area (Å²) in [6, 6.07) is 14.1. The third-order valence-corrected chi connectivity index (χ3v) is 4.87. The van der Waals surface area contributed by atoms with Crippen LogP contribution in [-0.4, -0.2) is 16.7 Å². The first-order valence-electron chi connectivity index (χ1n) is 7.34. The minimum absolute atomic E-state index is 0.0546. The lowest BCUT2D eigenvalue weighted by atomic mass is 9.94. The van der Waals surface area contributed by atoms with Crippen LogP contribution in [0, 0.1) is 12.8 Å². The van der Waals surface area contributed by atoms with E-state index >= 15 is 0 Å². The van der Waals surface area contributed by atoms with Crippen LogP contribution in [0.4, 0.5) is 0 Å². The van der Waals surface area contributed by atoms with Gasteiger partial charge in [0.1, 0.15) is 10.7 Å². The summed E-state index contributed by atoms with van der Waals surface area (Å²) in [6.07, 6.45) is 0.775. The molecule has 5 heteroatoms. The van der Waals surface area contributed by atoms with Crippen LogP contribution in [0.5, 0.6) is 5.75 Å². The fraction of sp³-hybridized carbons (Fsp3) is 0.167. The molecule has 1 atom stereocenters. The molecule has 3 nitrogen and oxygen atoms in total. The third-order valence-electron chi connectivity index (χ3n) is 4.00. The number of aliphatic imine (C=N–C) groups is 2. The van der Waals surface area contributed by atoms with Crippen molar-refractivity contribution in [3.05, 3.63) is 63.6 Å². The Morgan fingerprint density at radius 3 is 2.70 bits per heavy atom. The van der Waals surface area contributed by atoms with E-state index in [2.05, 4.69) is 38.9 Å². The fourth-order valence-corrected chi connectivity index (χ4v) is 3.41. The molecule has 2 aliphatic heterocycles. The Labute approximate surface area is 148 Å². The van der Waals surface area contributed by atoms with E-state index in [0.29, 0.717) is 16.7 Å². The highest BCUT2D eigenvalue weighted by Crippen LogP contribution is 2.33. The topological polar surface area (TPSA) is 34.0 Å². The van der Waals surface area contributed by atoms with Gasteiger partial charge in [0.15, 0.2) is 5.84 Å². The Hall–Kier alpha value is -1.85. The van der Waals surface area contributed by atoms with Gasteiger partial charge in [-0.15, -0.1) is 0 Å². The Morgan fingerprint density at radius 1 is 1.13 bits per heavy atom. The summed E-state index contributed by atoms with van der Waals surface area (Å²) in [7, 11) is 0. The second-order valence-corrected chi connectivity index (χ2v) is 7.03. The summed E-state index contributed by atoms with van der Waals surface area (Å²) in [4.78, 5) is 9.79. The van der Waals surface area contributed by atoms with E-state index in [9.17, 15) is 0 Å². The summed E-state index contributed by atoms with van der Waals surface area (Å²) >= 11 is 9.00. The van der Waals surface area contributed by atoms with Gasteiger partial charge in [-0.25, -0.2) is 4.99 Å². The lowest BCUT2D eigenvalue weighted by Gasteiger charge is -2.28. The van der Waals surface area contributed by atoms with Gasteiger partial charge in [0.25, 0.3) is 0 Å². The zero-order chi connectivity index (χ0) is 16.0. The van der Waals surface area contributed by atoms with E-state index in [1.165, 1.54) is 5.56 Å². The standard InChI is InChI=1S/C18H13BrN2OS/c1-10-2-4-11(5-3-10)16-20-17-14(18(23)21-16)9-12-8-13(19)6-7-15(12)22-17/h2-8,14H,9H2,1H3. The summed E-state index contributed by atoms with van der Waals surface area (Å²) < 4.78 is 7.03. The molecule has 1 unspecified atom stereocenters. The van der Waals surface area contributed by atoms with Gasteiger partial charge < -0.3 is 4.74 Å². The molecule has 0 radical (unpaired) electrons. The Kier molecular flexibility index (Phi) is 3.62. The average molecular weight is 385 g/mol. The van der Waals surface area contributed by atoms with Gasteiger partial charge in [-0.05, 0) is 37.1 Å². The molecule has 2 aromatic rings. The van der Waals surface area contributed by atoms with Crippen LogP contribution < -0.4 is 4.74 Å². The first-order valence-corrected chi connectivity index (χ1v) is 8.55. The summed E-state index contributed by atoms with van der Waals surface area (Å²) in [5, 5.41) is 0. The van der Waals surface area contributed by atoms with E-state index in [4.69, 9.17) is 17.0 Å². The second kappa shape index (κ2) is 5.65. The number of fused-ring (bicyclic) bond motifs is 2. The molecule has 114 valence electrons. The van der Waals surface area contributed by atoms with Crippen molar-refractivity contribution >= 4 is 44.9 Å². The number of amidine groups is 1. The number of nitrogens with zero attached hydrogens (tertiary/aromatic N) is 2. The number of thiocarbonyl (C=S) groups is 1. The number of hydrogen-bond acceptors (Lipinski definition) is 3. The van der Waals surface area contributed by atoms with Crippen LogP contribution in [0.3, 0.4) is 0 Å². The van der Waals surface area contributed by atoms with Crippen molar-refractivity contribution in [3.63, 3.8) is 0 Å². The van der Waals surface area contributed by atoms with E-state index in [1.54, 1.807) is 0 Å². The SMILES string of the molecule is Cc1ccc(C2=NC(=S)C3Cc4cc(Br)ccc4OC3=N2)cc1. The molecule has 0 saturated carbocycles. The second-order valence-electron chi connectivity index (χ2n) is 5.70. The van der Waals surface area contributed by atoms with Crippen molar-refractivity contribution in [3.8, 4) is 5.75 Å². The van der Waals surface area contributed by atoms with Gasteiger partial charge in [-0.1, -0.05) is 58.0 Å². The van der Waals surface area contributed by atoms with Crippen molar-refractivity contribution in [2.24, 2.45) is 15.9 Å². The molecule has 0 aromatic heterocycles. The predicted octanol–water partition coefficient (Wildman–Crippen LogP) is 4.49. The number of benzene rings is 2. The number of aryl methyl sites for hydroxylation is 1. The Bertz CT molecular complexity index is 871. The summed E-state index contributed by atoms with van der Waals surface area (Å²) in [5.41, 5.74) is 3.28. The maximum absolute atomic E-state index is 6.00. The van der Waals surface area contributed by atoms with Crippen molar-refractivity contribution in [2.45, 2.75) is 13.3 Å². The van der Waals surface area contributed by atoms with Gasteiger partial charge >= 0.3 is 0 Å². The predicted molar refractivity (Wildman–Crippen MR) is 99.7 cm³/mol. The monoisotopic (exact) mass is 384 g/mol. The highest BCUT2D eigenvalue weighted by Gasteiger charge is 2.33. The molecular weight excluding hydrogens is 372 g/mol. The third kappa shape index (κ3) is 2.75. The summed E-state index contributed by atoms with van der Waals surface area (Å²) in [6.45, 7) is 2.05. The molecule has 0 bridgehead atoms. The number of hydrogen-bond donors (Lipinski definition) is 0. The van der Waals surface area contributed by atoms with E-state index < -0.39 is 0 Å². The number of rotatable bonds is 1. The number of halogens is 1. The van der Waals surface area contributed by atoms with Crippen molar-refractivity contribution < 1.29 is 4.74 Å². The van der Waals surface area contributed by atoms with Crippen LogP contribution in [0.25, 0.3) is 0 Å². The van der Waals surface area contributed by atoms with Crippen LogP contribution >= 0.6 is 28.1 Å². The van der Waals surface area contributed by atoms with E-state index in [-0.39, 0.29) is 5.92 Å². The van der Waals surface area contributed by atoms with Crippen LogP contribution in [-0.2, 0) is 6.42 Å². The Morgan fingerprint density at radius 2 is 1.91 bits per heavy atom. The minimum Gasteiger partial charge on any atom is -0.442 e. The van der Waals surface area contributed by atoms with Gasteiger partial charge in [-0.3, -0.25) is 0 Å². The molecule has 0 spiro atoms. The van der Waals surface area contributed by atoms with Crippen molar-refractivity contribution in [2.75, 3.05) is 0 Å². The number of ether oxygens (including phenoxy) is 1. The lowest BCUT2D eigenvalue weighted by Crippen LogP contribution is -2.36. The maximum Gasteiger partial charge on any atom is 0.207 e. The van der Waals surface area contributed by atoms with Crippen LogP contribution in [0.1, 0.15) is 16.7 Å². The maximum atomic E-state index is 6.00. The molecule has 0 saturated heterocycles. The minimum atomic E-state index is -0.0546. The van der Waals surface area contributed by atoms with Gasteiger partial charge in [0.2, 0.25) is 5.90 Å². The highest BCUT2D eigenvalue weighted by atomic mass is 79.9. The Balaban J connectivity index is 1.72. The first-order chi connectivity index (χ1) is 11.1. The van der Waals surface area contributed by atoms with Crippen LogP contribution in [0.2, 0.25) is 0 Å². The first kappa shape index (κ1) is 14.7. The largest absolute Gasteiger partial charge is 0.442 e.